The number of hydrogen-bond acceptors (Lipinski definition) is 5. The number of anilines is 1. The van der Waals surface area contributed by atoms with Crippen molar-refractivity contribution in [3.05, 3.63) is 23.8 Å². The van der Waals surface area contributed by atoms with E-state index in [0.717, 1.165) is 12.8 Å². The molecule has 114 valence electrons. The lowest BCUT2D eigenvalue weighted by Gasteiger charge is -2.37. The molecule has 0 aromatic heterocycles. The Morgan fingerprint density at radius 3 is 3.00 bits per heavy atom. The van der Waals surface area contributed by atoms with Crippen LogP contribution in [0.2, 0.25) is 0 Å². The van der Waals surface area contributed by atoms with Crippen molar-refractivity contribution in [3.63, 3.8) is 0 Å². The van der Waals surface area contributed by atoms with E-state index in [2.05, 4.69) is 0 Å². The first-order valence-electron chi connectivity index (χ1n) is 7.10. The number of hydrogen-bond donors (Lipinski definition) is 2. The second kappa shape index (κ2) is 5.54. The highest BCUT2D eigenvalue weighted by Gasteiger charge is 2.42. The Morgan fingerprint density at radius 2 is 2.29 bits per heavy atom. The second-order valence-corrected chi connectivity index (χ2v) is 5.59. The normalized spacial score (nSPS) is 28.7. The zero-order valence-corrected chi connectivity index (χ0v) is 11.7. The summed E-state index contributed by atoms with van der Waals surface area (Å²) in [6.07, 6.45) is 2.21. The smallest absolute Gasteiger partial charge is 0.341 e. The molecule has 0 aliphatic carbocycles. The second-order valence-electron chi connectivity index (χ2n) is 5.59. The molecule has 1 aromatic rings. The van der Waals surface area contributed by atoms with Crippen molar-refractivity contribution in [2.24, 2.45) is 0 Å². The third-order valence-corrected chi connectivity index (χ3v) is 4.08. The zero-order valence-electron chi connectivity index (χ0n) is 11.7. The Morgan fingerprint density at radius 1 is 1.43 bits per heavy atom. The molecule has 6 heteroatoms. The lowest BCUT2D eigenvalue weighted by atomic mass is 9.91. The molecule has 21 heavy (non-hydrogen) atoms. The Balaban J connectivity index is 1.77. The SMILES string of the molecule is Nc1cccc(OC2CCOC3(CCOC3)C2)c1C(=O)O. The molecule has 0 bridgehead atoms. The number of nitrogen functional groups attached to an aromatic ring is 1. The third kappa shape index (κ3) is 2.82. The summed E-state index contributed by atoms with van der Waals surface area (Å²) in [5, 5.41) is 9.28. The molecule has 6 nitrogen and oxygen atoms in total. The van der Waals surface area contributed by atoms with E-state index < -0.39 is 5.97 Å². The van der Waals surface area contributed by atoms with E-state index in [-0.39, 0.29) is 23.0 Å². The summed E-state index contributed by atoms with van der Waals surface area (Å²) in [6.45, 7) is 1.87. The molecule has 0 amide bonds. The molecule has 3 rings (SSSR count). The standard InChI is InChI=1S/C15H19NO5/c16-11-2-1-3-12(13(11)14(17)18)21-10-4-6-20-15(8-10)5-7-19-9-15/h1-3,10H,4-9,16H2,(H,17,18). The van der Waals surface area contributed by atoms with Gasteiger partial charge in [-0.3, -0.25) is 0 Å². The topological polar surface area (TPSA) is 91.0 Å². The summed E-state index contributed by atoms with van der Waals surface area (Å²) in [5.41, 5.74) is 5.71. The van der Waals surface area contributed by atoms with Gasteiger partial charge >= 0.3 is 5.97 Å². The largest absolute Gasteiger partial charge is 0.489 e. The Bertz CT molecular complexity index is 539. The maximum absolute atomic E-state index is 11.3. The molecule has 3 N–H and O–H groups in total. The average Bonchev–Trinajstić information content (AvgIpc) is 2.86. The average molecular weight is 293 g/mol. The minimum atomic E-state index is -1.07. The summed E-state index contributed by atoms with van der Waals surface area (Å²) in [7, 11) is 0. The predicted molar refractivity (Wildman–Crippen MR) is 75.6 cm³/mol. The molecule has 2 heterocycles. The number of benzene rings is 1. The lowest BCUT2D eigenvalue weighted by molar-refractivity contribution is -0.112. The van der Waals surface area contributed by atoms with Crippen molar-refractivity contribution in [2.75, 3.05) is 25.6 Å². The summed E-state index contributed by atoms with van der Waals surface area (Å²) in [4.78, 5) is 11.3. The number of ether oxygens (including phenoxy) is 3. The molecule has 2 saturated heterocycles. The number of rotatable bonds is 3. The van der Waals surface area contributed by atoms with Gasteiger partial charge in [0.25, 0.3) is 0 Å². The van der Waals surface area contributed by atoms with Gasteiger partial charge in [-0.25, -0.2) is 4.79 Å². The van der Waals surface area contributed by atoms with E-state index in [9.17, 15) is 9.90 Å². The van der Waals surface area contributed by atoms with Gasteiger partial charge in [0, 0.05) is 31.6 Å². The number of carboxylic acids is 1. The van der Waals surface area contributed by atoms with Crippen molar-refractivity contribution in [1.82, 2.24) is 0 Å². The Hall–Kier alpha value is -1.79. The van der Waals surface area contributed by atoms with Crippen LogP contribution in [-0.4, -0.2) is 42.6 Å². The summed E-state index contributed by atoms with van der Waals surface area (Å²) < 4.78 is 17.2. The van der Waals surface area contributed by atoms with Crippen molar-refractivity contribution in [1.29, 1.82) is 0 Å². The molecular weight excluding hydrogens is 274 g/mol. The van der Waals surface area contributed by atoms with Gasteiger partial charge in [-0.05, 0) is 12.1 Å². The number of nitrogens with two attached hydrogens (primary N) is 1. The van der Waals surface area contributed by atoms with Gasteiger partial charge in [-0.2, -0.15) is 0 Å². The predicted octanol–water partition coefficient (Wildman–Crippen LogP) is 1.68. The van der Waals surface area contributed by atoms with Gasteiger partial charge in [0.15, 0.2) is 0 Å². The van der Waals surface area contributed by atoms with E-state index in [4.69, 9.17) is 19.9 Å². The third-order valence-electron chi connectivity index (χ3n) is 4.08. The van der Waals surface area contributed by atoms with Crippen molar-refractivity contribution in [2.45, 2.75) is 31.0 Å². The fourth-order valence-corrected chi connectivity index (χ4v) is 3.00. The highest BCUT2D eigenvalue weighted by Crippen LogP contribution is 2.35. The van der Waals surface area contributed by atoms with Gasteiger partial charge in [-0.15, -0.1) is 0 Å². The van der Waals surface area contributed by atoms with Crippen LogP contribution in [0.4, 0.5) is 5.69 Å². The summed E-state index contributed by atoms with van der Waals surface area (Å²) in [5.74, 6) is -0.752. The summed E-state index contributed by atoms with van der Waals surface area (Å²) >= 11 is 0. The van der Waals surface area contributed by atoms with Crippen LogP contribution in [0, 0.1) is 0 Å². The van der Waals surface area contributed by atoms with E-state index in [1.165, 1.54) is 0 Å². The van der Waals surface area contributed by atoms with Crippen LogP contribution >= 0.6 is 0 Å². The van der Waals surface area contributed by atoms with E-state index in [1.807, 2.05) is 0 Å². The quantitative estimate of drug-likeness (QED) is 0.824. The van der Waals surface area contributed by atoms with E-state index in [0.29, 0.717) is 32.0 Å². The molecule has 0 radical (unpaired) electrons. The van der Waals surface area contributed by atoms with Crippen LogP contribution in [0.15, 0.2) is 18.2 Å². The minimum absolute atomic E-state index is 0.0284. The Kier molecular flexibility index (Phi) is 3.73. The molecule has 2 aliphatic rings. The first kappa shape index (κ1) is 14.2. The van der Waals surface area contributed by atoms with Crippen molar-refractivity contribution < 1.29 is 24.1 Å². The number of aromatic carboxylic acids is 1. The van der Waals surface area contributed by atoms with Crippen LogP contribution in [0.1, 0.15) is 29.6 Å². The van der Waals surface area contributed by atoms with Crippen LogP contribution in [0.25, 0.3) is 0 Å². The highest BCUT2D eigenvalue weighted by atomic mass is 16.6. The fraction of sp³-hybridized carbons (Fsp3) is 0.533. The first-order valence-corrected chi connectivity index (χ1v) is 7.10. The minimum Gasteiger partial charge on any atom is -0.489 e. The van der Waals surface area contributed by atoms with Crippen molar-refractivity contribution in [3.8, 4) is 5.75 Å². The van der Waals surface area contributed by atoms with Gasteiger partial charge < -0.3 is 25.1 Å². The monoisotopic (exact) mass is 293 g/mol. The van der Waals surface area contributed by atoms with E-state index in [1.54, 1.807) is 18.2 Å². The molecule has 0 saturated carbocycles. The molecular formula is C15H19NO5. The van der Waals surface area contributed by atoms with Crippen LogP contribution in [0.5, 0.6) is 5.75 Å². The molecule has 2 unspecified atom stereocenters. The van der Waals surface area contributed by atoms with Gasteiger partial charge in [0.05, 0.1) is 18.8 Å². The summed E-state index contributed by atoms with van der Waals surface area (Å²) in [6, 6.07) is 4.91. The first-order chi connectivity index (χ1) is 10.1. The maximum Gasteiger partial charge on any atom is 0.341 e. The number of carbonyl (C=O) groups is 1. The molecule has 1 spiro atoms. The zero-order chi connectivity index (χ0) is 14.9. The van der Waals surface area contributed by atoms with Crippen molar-refractivity contribution >= 4 is 11.7 Å². The molecule has 2 fully saturated rings. The Labute approximate surface area is 122 Å². The van der Waals surface area contributed by atoms with Gasteiger partial charge in [0.2, 0.25) is 0 Å². The van der Waals surface area contributed by atoms with Crippen LogP contribution in [0.3, 0.4) is 0 Å². The van der Waals surface area contributed by atoms with Gasteiger partial charge in [0.1, 0.15) is 17.4 Å². The van der Waals surface area contributed by atoms with Gasteiger partial charge in [-0.1, -0.05) is 6.07 Å². The van der Waals surface area contributed by atoms with Crippen LogP contribution in [-0.2, 0) is 9.47 Å². The fourth-order valence-electron chi connectivity index (χ4n) is 3.00. The molecule has 1 aromatic carbocycles. The maximum atomic E-state index is 11.3. The highest BCUT2D eigenvalue weighted by molar-refractivity contribution is 5.96. The number of carboxylic acid groups (broad SMARTS) is 1. The lowest BCUT2D eigenvalue weighted by Crippen LogP contribution is -2.44. The molecule has 2 aliphatic heterocycles. The molecule has 2 atom stereocenters. The van der Waals surface area contributed by atoms with E-state index >= 15 is 0 Å². The van der Waals surface area contributed by atoms with Crippen LogP contribution < -0.4 is 10.5 Å².